The maximum atomic E-state index is 10.5. The van der Waals surface area contributed by atoms with Gasteiger partial charge in [0, 0.05) is 6.42 Å². The number of aliphatic hydroxyl groups excluding tert-OH is 1. The number of carbonyl (C=O) groups is 1. The lowest BCUT2D eigenvalue weighted by Crippen LogP contribution is -2.21. The van der Waals surface area contributed by atoms with Crippen molar-refractivity contribution < 1.29 is 24.5 Å². The first-order valence-electron chi connectivity index (χ1n) is 4.57. The molecule has 0 aromatic heterocycles. The van der Waals surface area contributed by atoms with E-state index < -0.39 is 12.1 Å². The molecule has 1 aromatic rings. The Bertz CT molecular complexity index is 431. The Kier molecular flexibility index (Phi) is 3.02. The molecule has 0 bridgehead atoms. The number of fused-ring (bicyclic) bond motifs is 1. The molecular formula is C10H9BrO5. The monoisotopic (exact) mass is 288 g/mol. The number of aliphatic carboxylic acids is 1. The van der Waals surface area contributed by atoms with Crippen LogP contribution in [0.1, 0.15) is 5.56 Å². The van der Waals surface area contributed by atoms with Crippen molar-refractivity contribution in [2.24, 2.45) is 0 Å². The van der Waals surface area contributed by atoms with Crippen molar-refractivity contribution in [1.82, 2.24) is 0 Å². The predicted molar refractivity (Wildman–Crippen MR) is 57.6 cm³/mol. The maximum Gasteiger partial charge on any atom is 0.332 e. The van der Waals surface area contributed by atoms with Crippen LogP contribution in [0.2, 0.25) is 0 Å². The second-order valence-electron chi connectivity index (χ2n) is 3.37. The standard InChI is InChI=1S/C10H9BrO5/c11-6-1-5(2-7(12)10(13)14)3-8-9(6)16-4-15-8/h1,3,7,12H,2,4H2,(H,13,14). The molecule has 1 unspecified atom stereocenters. The highest BCUT2D eigenvalue weighted by Gasteiger charge is 2.20. The van der Waals surface area contributed by atoms with Crippen molar-refractivity contribution in [2.75, 3.05) is 6.79 Å². The van der Waals surface area contributed by atoms with Crippen LogP contribution < -0.4 is 9.47 Å². The van der Waals surface area contributed by atoms with E-state index in [1.165, 1.54) is 0 Å². The predicted octanol–water partition coefficient (Wildman–Crippen LogP) is 1.17. The normalized spacial score (nSPS) is 14.9. The molecule has 0 radical (unpaired) electrons. The summed E-state index contributed by atoms with van der Waals surface area (Å²) in [5.41, 5.74) is 0.672. The number of carboxylic acids is 1. The zero-order chi connectivity index (χ0) is 11.7. The van der Waals surface area contributed by atoms with Gasteiger partial charge in [-0.05, 0) is 33.6 Å². The maximum absolute atomic E-state index is 10.5. The second kappa shape index (κ2) is 4.31. The summed E-state index contributed by atoms with van der Waals surface area (Å²) >= 11 is 3.29. The molecule has 1 heterocycles. The van der Waals surface area contributed by atoms with Gasteiger partial charge in [-0.25, -0.2) is 4.79 Å². The first-order chi connectivity index (χ1) is 7.58. The Balaban J connectivity index is 2.23. The van der Waals surface area contributed by atoms with E-state index >= 15 is 0 Å². The van der Waals surface area contributed by atoms with Gasteiger partial charge < -0.3 is 19.7 Å². The molecule has 1 aliphatic rings. The summed E-state index contributed by atoms with van der Waals surface area (Å²) in [6.07, 6.45) is -1.38. The van der Waals surface area contributed by atoms with Crippen LogP contribution in [0.25, 0.3) is 0 Å². The summed E-state index contributed by atoms with van der Waals surface area (Å²) < 4.78 is 11.1. The van der Waals surface area contributed by atoms with Crippen molar-refractivity contribution in [1.29, 1.82) is 0 Å². The van der Waals surface area contributed by atoms with Crippen LogP contribution in [0, 0.1) is 0 Å². The lowest BCUT2D eigenvalue weighted by atomic mass is 10.1. The minimum absolute atomic E-state index is 0.0323. The van der Waals surface area contributed by atoms with Crippen LogP contribution in [0.5, 0.6) is 11.5 Å². The average Bonchev–Trinajstić information content (AvgIpc) is 2.65. The SMILES string of the molecule is O=C(O)C(O)Cc1cc(Br)c2c(c1)OCO2. The number of hydrogen-bond acceptors (Lipinski definition) is 4. The topological polar surface area (TPSA) is 76.0 Å². The fourth-order valence-electron chi connectivity index (χ4n) is 1.45. The largest absolute Gasteiger partial charge is 0.479 e. The molecule has 2 rings (SSSR count). The van der Waals surface area contributed by atoms with Gasteiger partial charge in [0.2, 0.25) is 6.79 Å². The highest BCUT2D eigenvalue weighted by atomic mass is 79.9. The number of ether oxygens (including phenoxy) is 2. The van der Waals surface area contributed by atoms with E-state index in [1.807, 2.05) is 0 Å². The van der Waals surface area contributed by atoms with Gasteiger partial charge >= 0.3 is 5.97 Å². The Morgan fingerprint density at radius 3 is 2.94 bits per heavy atom. The van der Waals surface area contributed by atoms with Crippen molar-refractivity contribution in [2.45, 2.75) is 12.5 Å². The van der Waals surface area contributed by atoms with Crippen LogP contribution in [0.3, 0.4) is 0 Å². The zero-order valence-electron chi connectivity index (χ0n) is 8.14. The quantitative estimate of drug-likeness (QED) is 0.873. The third-order valence-electron chi connectivity index (χ3n) is 2.20. The summed E-state index contributed by atoms with van der Waals surface area (Å²) in [4.78, 5) is 10.5. The van der Waals surface area contributed by atoms with E-state index in [-0.39, 0.29) is 13.2 Å². The van der Waals surface area contributed by atoms with Gasteiger partial charge in [-0.3, -0.25) is 0 Å². The fourth-order valence-corrected chi connectivity index (χ4v) is 2.05. The van der Waals surface area contributed by atoms with Crippen LogP contribution in [-0.2, 0) is 11.2 Å². The van der Waals surface area contributed by atoms with Crippen molar-refractivity contribution in [3.8, 4) is 11.5 Å². The summed E-state index contributed by atoms with van der Waals surface area (Å²) in [5, 5.41) is 17.8. The van der Waals surface area contributed by atoms with Gasteiger partial charge in [0.25, 0.3) is 0 Å². The van der Waals surface area contributed by atoms with E-state index in [4.69, 9.17) is 14.6 Å². The molecule has 0 amide bonds. The highest BCUT2D eigenvalue weighted by molar-refractivity contribution is 9.10. The molecule has 0 saturated heterocycles. The summed E-state index contributed by atoms with van der Waals surface area (Å²) in [6.45, 7) is 0.152. The van der Waals surface area contributed by atoms with Gasteiger partial charge in [0.15, 0.2) is 17.6 Å². The molecule has 6 heteroatoms. The molecule has 0 fully saturated rings. The molecule has 1 aromatic carbocycles. The Hall–Kier alpha value is -1.27. The number of aliphatic hydroxyl groups is 1. The third kappa shape index (κ3) is 2.12. The van der Waals surface area contributed by atoms with Crippen LogP contribution in [0.4, 0.5) is 0 Å². The first kappa shape index (κ1) is 11.2. The number of halogens is 1. The van der Waals surface area contributed by atoms with Gasteiger partial charge in [0.05, 0.1) is 4.47 Å². The number of benzene rings is 1. The van der Waals surface area contributed by atoms with Crippen molar-refractivity contribution in [3.63, 3.8) is 0 Å². The van der Waals surface area contributed by atoms with Crippen LogP contribution in [-0.4, -0.2) is 29.1 Å². The van der Waals surface area contributed by atoms with E-state index in [0.29, 0.717) is 21.5 Å². The summed E-state index contributed by atoms with van der Waals surface area (Å²) in [5.74, 6) is -0.0793. The summed E-state index contributed by atoms with van der Waals surface area (Å²) in [6, 6.07) is 3.37. The Labute approximate surface area is 99.7 Å². The van der Waals surface area contributed by atoms with E-state index in [2.05, 4.69) is 15.9 Å². The fraction of sp³-hybridized carbons (Fsp3) is 0.300. The minimum Gasteiger partial charge on any atom is -0.479 e. The number of rotatable bonds is 3. The first-order valence-corrected chi connectivity index (χ1v) is 5.36. The van der Waals surface area contributed by atoms with Crippen molar-refractivity contribution in [3.05, 3.63) is 22.2 Å². The second-order valence-corrected chi connectivity index (χ2v) is 4.22. The molecule has 0 spiro atoms. The minimum atomic E-state index is -1.41. The molecule has 86 valence electrons. The molecule has 5 nitrogen and oxygen atoms in total. The van der Waals surface area contributed by atoms with Gasteiger partial charge in [-0.15, -0.1) is 0 Å². The molecule has 16 heavy (non-hydrogen) atoms. The van der Waals surface area contributed by atoms with Crippen molar-refractivity contribution >= 4 is 21.9 Å². The molecule has 0 saturated carbocycles. The molecular weight excluding hydrogens is 280 g/mol. The number of hydrogen-bond donors (Lipinski definition) is 2. The van der Waals surface area contributed by atoms with E-state index in [9.17, 15) is 9.90 Å². The van der Waals surface area contributed by atoms with Gasteiger partial charge in [0.1, 0.15) is 0 Å². The van der Waals surface area contributed by atoms with Gasteiger partial charge in [-0.1, -0.05) is 0 Å². The van der Waals surface area contributed by atoms with E-state index in [1.54, 1.807) is 12.1 Å². The molecule has 2 N–H and O–H groups in total. The van der Waals surface area contributed by atoms with Gasteiger partial charge in [-0.2, -0.15) is 0 Å². The number of carboxylic acid groups (broad SMARTS) is 1. The van der Waals surface area contributed by atoms with Crippen LogP contribution in [0.15, 0.2) is 16.6 Å². The highest BCUT2D eigenvalue weighted by Crippen LogP contribution is 2.40. The summed E-state index contributed by atoms with van der Waals surface area (Å²) in [7, 11) is 0. The third-order valence-corrected chi connectivity index (χ3v) is 2.79. The molecule has 0 aliphatic carbocycles. The Morgan fingerprint density at radius 2 is 2.25 bits per heavy atom. The smallest absolute Gasteiger partial charge is 0.332 e. The lowest BCUT2D eigenvalue weighted by Gasteiger charge is -2.07. The van der Waals surface area contributed by atoms with Crippen LogP contribution >= 0.6 is 15.9 Å². The zero-order valence-corrected chi connectivity index (χ0v) is 9.73. The molecule has 1 atom stereocenters. The lowest BCUT2D eigenvalue weighted by molar-refractivity contribution is -0.146. The average molecular weight is 289 g/mol. The Morgan fingerprint density at radius 1 is 1.50 bits per heavy atom. The van der Waals surface area contributed by atoms with E-state index in [0.717, 1.165) is 0 Å². The molecule has 1 aliphatic heterocycles.